The van der Waals surface area contributed by atoms with E-state index in [4.69, 9.17) is 0 Å². The highest BCUT2D eigenvalue weighted by Gasteiger charge is 2.31. The Morgan fingerprint density at radius 2 is 1.90 bits per heavy atom. The van der Waals surface area contributed by atoms with E-state index < -0.39 is 6.04 Å². The highest BCUT2D eigenvalue weighted by molar-refractivity contribution is 5.97. The molecule has 0 aliphatic heterocycles. The number of carbonyl (C=O) groups excluding carboxylic acids is 2. The molecule has 0 heterocycles. The van der Waals surface area contributed by atoms with Gasteiger partial charge in [0, 0.05) is 12.6 Å². The maximum atomic E-state index is 12.6. The summed E-state index contributed by atoms with van der Waals surface area (Å²) in [6.07, 6.45) is 5.16. The molecule has 1 aliphatic carbocycles. The minimum atomic E-state index is -0.421. The molecule has 1 aromatic rings. The van der Waals surface area contributed by atoms with E-state index in [1.54, 1.807) is 0 Å². The average Bonchev–Trinajstić information content (AvgIpc) is 2.99. The van der Waals surface area contributed by atoms with Crippen LogP contribution in [-0.4, -0.2) is 17.9 Å². The van der Waals surface area contributed by atoms with Crippen LogP contribution in [0.25, 0.3) is 0 Å². The van der Waals surface area contributed by atoms with Crippen molar-refractivity contribution < 1.29 is 9.59 Å². The Morgan fingerprint density at radius 1 is 1.24 bits per heavy atom. The fraction of sp³-hybridized carbons (Fsp3) is 0.529. The van der Waals surface area contributed by atoms with Gasteiger partial charge in [0.2, 0.25) is 11.8 Å². The fourth-order valence-corrected chi connectivity index (χ4v) is 3.07. The second-order valence-electron chi connectivity index (χ2n) is 5.72. The molecule has 1 atom stereocenters. The van der Waals surface area contributed by atoms with Gasteiger partial charge in [0.25, 0.3) is 0 Å². The largest absolute Gasteiger partial charge is 0.344 e. The standard InChI is InChI=1S/C17H24N2O2/c1-3-13-8-6-7-11-15(13)19-17(21)16(18-12(2)20)14-9-4-5-10-14/h6-8,11,14,16H,3-5,9-10H2,1-2H3,(H,18,20)(H,19,21). The molecule has 4 nitrogen and oxygen atoms in total. The summed E-state index contributed by atoms with van der Waals surface area (Å²) < 4.78 is 0. The molecule has 4 heteroatoms. The quantitative estimate of drug-likeness (QED) is 0.875. The zero-order valence-corrected chi connectivity index (χ0v) is 12.8. The van der Waals surface area contributed by atoms with Crippen LogP contribution in [0.2, 0.25) is 0 Å². The molecular weight excluding hydrogens is 264 g/mol. The van der Waals surface area contributed by atoms with E-state index in [9.17, 15) is 9.59 Å². The monoisotopic (exact) mass is 288 g/mol. The fourth-order valence-electron chi connectivity index (χ4n) is 3.07. The van der Waals surface area contributed by atoms with Crippen LogP contribution < -0.4 is 10.6 Å². The Hall–Kier alpha value is -1.84. The maximum absolute atomic E-state index is 12.6. The molecule has 1 fully saturated rings. The maximum Gasteiger partial charge on any atom is 0.247 e. The normalized spacial score (nSPS) is 16.5. The van der Waals surface area contributed by atoms with Crippen LogP contribution in [0.3, 0.4) is 0 Å². The van der Waals surface area contributed by atoms with Crippen molar-refractivity contribution in [3.63, 3.8) is 0 Å². The van der Waals surface area contributed by atoms with Gasteiger partial charge in [-0.05, 0) is 36.8 Å². The Kier molecular flexibility index (Phi) is 5.37. The van der Waals surface area contributed by atoms with Crippen molar-refractivity contribution in [2.24, 2.45) is 5.92 Å². The number of nitrogens with one attached hydrogen (secondary N) is 2. The molecule has 114 valence electrons. The molecule has 0 saturated heterocycles. The number of hydrogen-bond donors (Lipinski definition) is 2. The average molecular weight is 288 g/mol. The highest BCUT2D eigenvalue weighted by atomic mass is 16.2. The van der Waals surface area contributed by atoms with Crippen molar-refractivity contribution in [2.45, 2.75) is 52.0 Å². The van der Waals surface area contributed by atoms with Gasteiger partial charge in [-0.3, -0.25) is 9.59 Å². The van der Waals surface area contributed by atoms with Crippen molar-refractivity contribution >= 4 is 17.5 Å². The van der Waals surface area contributed by atoms with E-state index in [0.717, 1.165) is 43.4 Å². The predicted octanol–water partition coefficient (Wildman–Crippen LogP) is 2.88. The first-order valence-electron chi connectivity index (χ1n) is 7.77. The van der Waals surface area contributed by atoms with E-state index in [2.05, 4.69) is 17.6 Å². The zero-order valence-electron chi connectivity index (χ0n) is 12.8. The summed E-state index contributed by atoms with van der Waals surface area (Å²) in [6, 6.07) is 7.39. The van der Waals surface area contributed by atoms with Crippen LogP contribution >= 0.6 is 0 Å². The third-order valence-corrected chi connectivity index (χ3v) is 4.17. The van der Waals surface area contributed by atoms with Crippen molar-refractivity contribution in [1.29, 1.82) is 0 Å². The van der Waals surface area contributed by atoms with Crippen LogP contribution in [0.1, 0.15) is 45.1 Å². The summed E-state index contributed by atoms with van der Waals surface area (Å²) in [5.41, 5.74) is 1.96. The number of carbonyl (C=O) groups is 2. The van der Waals surface area contributed by atoms with E-state index >= 15 is 0 Å². The minimum Gasteiger partial charge on any atom is -0.344 e. The van der Waals surface area contributed by atoms with Gasteiger partial charge >= 0.3 is 0 Å². The SMILES string of the molecule is CCc1ccccc1NC(=O)C(NC(C)=O)C1CCCC1. The zero-order chi connectivity index (χ0) is 15.2. The smallest absolute Gasteiger partial charge is 0.247 e. The molecule has 1 aliphatic rings. The lowest BCUT2D eigenvalue weighted by Crippen LogP contribution is -2.47. The molecular formula is C17H24N2O2. The van der Waals surface area contributed by atoms with Gasteiger partial charge in [-0.25, -0.2) is 0 Å². The first-order chi connectivity index (χ1) is 10.1. The number of hydrogen-bond acceptors (Lipinski definition) is 2. The summed E-state index contributed by atoms with van der Waals surface area (Å²) in [4.78, 5) is 24.0. The van der Waals surface area contributed by atoms with Gasteiger partial charge in [-0.2, -0.15) is 0 Å². The summed E-state index contributed by atoms with van der Waals surface area (Å²) in [5.74, 6) is 0.00603. The lowest BCUT2D eigenvalue weighted by atomic mass is 9.97. The Bertz CT molecular complexity index is 507. The second kappa shape index (κ2) is 7.25. The number of para-hydroxylation sites is 1. The van der Waals surface area contributed by atoms with Gasteiger partial charge < -0.3 is 10.6 Å². The molecule has 1 unspecified atom stereocenters. The van der Waals surface area contributed by atoms with Crippen LogP contribution in [0.15, 0.2) is 24.3 Å². The Morgan fingerprint density at radius 3 is 2.52 bits per heavy atom. The number of anilines is 1. The van der Waals surface area contributed by atoms with Gasteiger partial charge in [0.1, 0.15) is 6.04 Å². The van der Waals surface area contributed by atoms with Crippen LogP contribution in [-0.2, 0) is 16.0 Å². The minimum absolute atomic E-state index is 0.0991. The summed E-state index contributed by atoms with van der Waals surface area (Å²) >= 11 is 0. The number of aryl methyl sites for hydroxylation is 1. The topological polar surface area (TPSA) is 58.2 Å². The molecule has 0 radical (unpaired) electrons. The molecule has 0 bridgehead atoms. The molecule has 21 heavy (non-hydrogen) atoms. The van der Waals surface area contributed by atoms with E-state index in [1.807, 2.05) is 24.3 Å². The summed E-state index contributed by atoms with van der Waals surface area (Å²) in [5, 5.41) is 5.82. The van der Waals surface area contributed by atoms with Crippen molar-refractivity contribution in [3.05, 3.63) is 29.8 Å². The number of rotatable bonds is 5. The summed E-state index contributed by atoms with van der Waals surface area (Å²) in [6.45, 7) is 3.53. The van der Waals surface area contributed by atoms with Crippen molar-refractivity contribution in [3.8, 4) is 0 Å². The molecule has 1 aromatic carbocycles. The molecule has 0 aromatic heterocycles. The van der Waals surface area contributed by atoms with Crippen molar-refractivity contribution in [1.82, 2.24) is 5.32 Å². The highest BCUT2D eigenvalue weighted by Crippen LogP contribution is 2.28. The van der Waals surface area contributed by atoms with E-state index in [0.29, 0.717) is 0 Å². The van der Waals surface area contributed by atoms with Crippen molar-refractivity contribution in [2.75, 3.05) is 5.32 Å². The van der Waals surface area contributed by atoms with Gasteiger partial charge in [-0.15, -0.1) is 0 Å². The first kappa shape index (κ1) is 15.5. The third-order valence-electron chi connectivity index (χ3n) is 4.17. The second-order valence-corrected chi connectivity index (χ2v) is 5.72. The molecule has 2 amide bonds. The predicted molar refractivity (Wildman–Crippen MR) is 84.0 cm³/mol. The first-order valence-corrected chi connectivity index (χ1v) is 7.77. The third kappa shape index (κ3) is 4.06. The molecule has 0 spiro atoms. The lowest BCUT2D eigenvalue weighted by Gasteiger charge is -2.23. The molecule has 2 rings (SSSR count). The molecule has 2 N–H and O–H groups in total. The van der Waals surface area contributed by atoms with Gasteiger partial charge in [0.05, 0.1) is 0 Å². The Balaban J connectivity index is 2.12. The number of amides is 2. The van der Waals surface area contributed by atoms with Crippen LogP contribution in [0.5, 0.6) is 0 Å². The van der Waals surface area contributed by atoms with E-state index in [1.165, 1.54) is 6.92 Å². The molecule has 1 saturated carbocycles. The van der Waals surface area contributed by atoms with Crippen LogP contribution in [0.4, 0.5) is 5.69 Å². The lowest BCUT2D eigenvalue weighted by molar-refractivity contribution is -0.126. The van der Waals surface area contributed by atoms with Crippen LogP contribution in [0, 0.1) is 5.92 Å². The Labute approximate surface area is 126 Å². The number of benzene rings is 1. The van der Waals surface area contributed by atoms with Gasteiger partial charge in [-0.1, -0.05) is 38.0 Å². The summed E-state index contributed by atoms with van der Waals surface area (Å²) in [7, 11) is 0. The van der Waals surface area contributed by atoms with E-state index in [-0.39, 0.29) is 17.7 Å². The van der Waals surface area contributed by atoms with Gasteiger partial charge in [0.15, 0.2) is 0 Å².